The Labute approximate surface area is 135 Å². The molecule has 1 fully saturated rings. The molecule has 3 rings (SSSR count). The number of benzene rings is 1. The molecule has 23 heavy (non-hydrogen) atoms. The average Bonchev–Trinajstić information content (AvgIpc) is 3.21. The first-order chi connectivity index (χ1) is 11.2. The molecule has 0 amide bonds. The van der Waals surface area contributed by atoms with E-state index in [0.717, 1.165) is 37.5 Å². The van der Waals surface area contributed by atoms with Crippen molar-refractivity contribution in [1.29, 1.82) is 0 Å². The largest absolute Gasteiger partial charge is 0.494 e. The molecule has 2 heterocycles. The Kier molecular flexibility index (Phi) is 5.13. The van der Waals surface area contributed by atoms with Crippen molar-refractivity contribution >= 4 is 5.71 Å². The lowest BCUT2D eigenvalue weighted by atomic mass is 10.00. The minimum absolute atomic E-state index is 0.0201. The van der Waals surface area contributed by atoms with Crippen LogP contribution >= 0.6 is 0 Å². The molecule has 2 aliphatic heterocycles. The van der Waals surface area contributed by atoms with Crippen molar-refractivity contribution < 1.29 is 18.7 Å². The highest BCUT2D eigenvalue weighted by Gasteiger charge is 2.29. The van der Waals surface area contributed by atoms with Crippen molar-refractivity contribution in [2.45, 2.75) is 31.9 Å². The number of rotatable bonds is 6. The van der Waals surface area contributed by atoms with E-state index in [0.29, 0.717) is 18.4 Å². The predicted octanol–water partition coefficient (Wildman–Crippen LogP) is 2.34. The van der Waals surface area contributed by atoms with Gasteiger partial charge >= 0.3 is 0 Å². The molecule has 1 aromatic carbocycles. The first-order valence-electron chi connectivity index (χ1n) is 8.09. The van der Waals surface area contributed by atoms with Gasteiger partial charge in [0.2, 0.25) is 0 Å². The molecule has 0 radical (unpaired) electrons. The maximum atomic E-state index is 13.8. The number of nitrogens with one attached hydrogen (secondary N) is 1. The lowest BCUT2D eigenvalue weighted by Crippen LogP contribution is -2.40. The number of halogens is 1. The fourth-order valence-corrected chi connectivity index (χ4v) is 3.06. The van der Waals surface area contributed by atoms with Crippen LogP contribution in [-0.2, 0) is 9.57 Å². The van der Waals surface area contributed by atoms with E-state index in [1.807, 2.05) is 0 Å². The molecule has 0 aromatic heterocycles. The summed E-state index contributed by atoms with van der Waals surface area (Å²) in [5.74, 6) is 0.411. The number of hydrogen-bond acceptors (Lipinski definition) is 5. The van der Waals surface area contributed by atoms with Crippen molar-refractivity contribution in [2.24, 2.45) is 11.1 Å². The summed E-state index contributed by atoms with van der Waals surface area (Å²) in [5, 5.41) is 7.62. The first kappa shape index (κ1) is 16.2. The van der Waals surface area contributed by atoms with E-state index in [2.05, 4.69) is 17.4 Å². The summed E-state index contributed by atoms with van der Waals surface area (Å²) in [6.07, 6.45) is 1.76. The van der Waals surface area contributed by atoms with E-state index in [4.69, 9.17) is 14.3 Å². The van der Waals surface area contributed by atoms with Crippen molar-refractivity contribution in [3.05, 3.63) is 29.6 Å². The molecule has 126 valence electrons. The van der Waals surface area contributed by atoms with E-state index < -0.39 is 0 Å². The van der Waals surface area contributed by atoms with Crippen LogP contribution in [0.15, 0.2) is 23.4 Å². The van der Waals surface area contributed by atoms with Crippen molar-refractivity contribution in [3.63, 3.8) is 0 Å². The first-order valence-corrected chi connectivity index (χ1v) is 8.09. The van der Waals surface area contributed by atoms with E-state index in [9.17, 15) is 4.39 Å². The van der Waals surface area contributed by atoms with E-state index in [1.165, 1.54) is 13.2 Å². The molecule has 1 aromatic rings. The second-order valence-electron chi connectivity index (χ2n) is 6.04. The second kappa shape index (κ2) is 7.27. The number of methoxy groups -OCH3 is 1. The fourth-order valence-electron chi connectivity index (χ4n) is 3.06. The van der Waals surface area contributed by atoms with Gasteiger partial charge in [-0.25, -0.2) is 4.39 Å². The Hall–Kier alpha value is -1.66. The Morgan fingerprint density at radius 2 is 2.26 bits per heavy atom. The SMILES string of the molecule is CCC1COCC1NCC1CC(c2ccc(OC)c(F)c2)=NO1. The summed E-state index contributed by atoms with van der Waals surface area (Å²) in [5.41, 5.74) is 1.51. The number of oxime groups is 1. The van der Waals surface area contributed by atoms with E-state index in [1.54, 1.807) is 12.1 Å². The summed E-state index contributed by atoms with van der Waals surface area (Å²) in [4.78, 5) is 5.48. The van der Waals surface area contributed by atoms with Gasteiger partial charge in [-0.15, -0.1) is 0 Å². The van der Waals surface area contributed by atoms with Crippen LogP contribution in [0.4, 0.5) is 4.39 Å². The lowest BCUT2D eigenvalue weighted by molar-refractivity contribution is 0.0811. The maximum Gasteiger partial charge on any atom is 0.165 e. The average molecular weight is 322 g/mol. The van der Waals surface area contributed by atoms with Crippen LogP contribution in [0.1, 0.15) is 25.3 Å². The van der Waals surface area contributed by atoms with Gasteiger partial charge in [0.15, 0.2) is 11.6 Å². The minimum atomic E-state index is -0.386. The molecule has 1 N–H and O–H groups in total. The summed E-state index contributed by atoms with van der Waals surface area (Å²) < 4.78 is 24.2. The third-order valence-electron chi connectivity index (χ3n) is 4.55. The van der Waals surface area contributed by atoms with Gasteiger partial charge in [-0.3, -0.25) is 0 Å². The molecule has 3 atom stereocenters. The maximum absolute atomic E-state index is 13.8. The zero-order chi connectivity index (χ0) is 16.2. The smallest absolute Gasteiger partial charge is 0.165 e. The highest BCUT2D eigenvalue weighted by Crippen LogP contribution is 2.23. The van der Waals surface area contributed by atoms with Gasteiger partial charge in [-0.1, -0.05) is 12.1 Å². The van der Waals surface area contributed by atoms with Gasteiger partial charge in [0.1, 0.15) is 6.10 Å². The topological polar surface area (TPSA) is 52.1 Å². The van der Waals surface area contributed by atoms with Crippen molar-refractivity contribution in [3.8, 4) is 5.75 Å². The highest BCUT2D eigenvalue weighted by atomic mass is 19.1. The van der Waals surface area contributed by atoms with Crippen LogP contribution in [-0.4, -0.2) is 44.7 Å². The zero-order valence-electron chi connectivity index (χ0n) is 13.5. The molecule has 6 heteroatoms. The van der Waals surface area contributed by atoms with Crippen LogP contribution < -0.4 is 10.1 Å². The normalized spacial score (nSPS) is 26.9. The molecule has 0 bridgehead atoms. The summed E-state index contributed by atoms with van der Waals surface area (Å²) >= 11 is 0. The highest BCUT2D eigenvalue weighted by molar-refractivity contribution is 6.01. The number of hydrogen-bond donors (Lipinski definition) is 1. The molecule has 5 nitrogen and oxygen atoms in total. The van der Waals surface area contributed by atoms with Crippen molar-refractivity contribution in [2.75, 3.05) is 26.9 Å². The summed E-state index contributed by atoms with van der Waals surface area (Å²) in [6, 6.07) is 5.23. The Balaban J connectivity index is 1.53. The van der Waals surface area contributed by atoms with Crippen LogP contribution in [0.25, 0.3) is 0 Å². The van der Waals surface area contributed by atoms with Crippen LogP contribution in [0, 0.1) is 11.7 Å². The fraction of sp³-hybridized carbons (Fsp3) is 0.588. The number of nitrogens with zero attached hydrogens (tertiary/aromatic N) is 1. The monoisotopic (exact) mass is 322 g/mol. The molecule has 0 aliphatic carbocycles. The van der Waals surface area contributed by atoms with Gasteiger partial charge in [0, 0.05) is 24.6 Å². The van der Waals surface area contributed by atoms with Gasteiger partial charge < -0.3 is 19.6 Å². The molecule has 0 saturated carbocycles. The molecule has 2 aliphatic rings. The van der Waals surface area contributed by atoms with Gasteiger partial charge in [-0.2, -0.15) is 0 Å². The minimum Gasteiger partial charge on any atom is -0.494 e. The molecule has 3 unspecified atom stereocenters. The molecule has 0 spiro atoms. The molecular weight excluding hydrogens is 299 g/mol. The zero-order valence-corrected chi connectivity index (χ0v) is 13.5. The van der Waals surface area contributed by atoms with Crippen LogP contribution in [0.3, 0.4) is 0 Å². The lowest BCUT2D eigenvalue weighted by Gasteiger charge is -2.19. The predicted molar refractivity (Wildman–Crippen MR) is 85.4 cm³/mol. The van der Waals surface area contributed by atoms with Gasteiger partial charge in [0.05, 0.1) is 26.0 Å². The summed E-state index contributed by atoms with van der Waals surface area (Å²) in [6.45, 7) is 4.48. The molecular formula is C17H23FN2O3. The third kappa shape index (κ3) is 3.64. The van der Waals surface area contributed by atoms with Crippen LogP contribution in [0.5, 0.6) is 5.75 Å². The third-order valence-corrected chi connectivity index (χ3v) is 4.55. The Morgan fingerprint density at radius 1 is 1.39 bits per heavy atom. The standard InChI is InChI=1S/C17H23FN2O3/c1-3-11-9-22-10-16(11)19-8-13-7-15(20-23-13)12-4-5-17(21-2)14(18)6-12/h4-6,11,13,16,19H,3,7-10H2,1-2H3. The Bertz CT molecular complexity index is 579. The van der Waals surface area contributed by atoms with E-state index >= 15 is 0 Å². The van der Waals surface area contributed by atoms with Crippen LogP contribution in [0.2, 0.25) is 0 Å². The van der Waals surface area contributed by atoms with Gasteiger partial charge in [0.25, 0.3) is 0 Å². The molecule has 1 saturated heterocycles. The Morgan fingerprint density at radius 3 is 3.00 bits per heavy atom. The summed E-state index contributed by atoms with van der Waals surface area (Å²) in [7, 11) is 1.45. The number of ether oxygens (including phenoxy) is 2. The van der Waals surface area contributed by atoms with Gasteiger partial charge in [-0.05, 0) is 30.5 Å². The second-order valence-corrected chi connectivity index (χ2v) is 6.04. The van der Waals surface area contributed by atoms with E-state index in [-0.39, 0.29) is 17.7 Å². The van der Waals surface area contributed by atoms with Crippen molar-refractivity contribution in [1.82, 2.24) is 5.32 Å². The quantitative estimate of drug-likeness (QED) is 0.873.